The van der Waals surface area contributed by atoms with Crippen molar-refractivity contribution in [3.05, 3.63) is 0 Å². The molecule has 0 spiro atoms. The molecule has 0 aromatic rings. The lowest BCUT2D eigenvalue weighted by atomic mass is 10.2. The van der Waals surface area contributed by atoms with E-state index >= 15 is 0 Å². The average Bonchev–Trinajstić information content (AvgIpc) is 2.82. The molecule has 2 N–H and O–H groups in total. The molecule has 4 heteroatoms. The lowest BCUT2D eigenvalue weighted by Gasteiger charge is -2.27. The molecule has 1 amide bonds. The van der Waals surface area contributed by atoms with Gasteiger partial charge in [-0.2, -0.15) is 0 Å². The van der Waals surface area contributed by atoms with E-state index in [1.165, 1.54) is 0 Å². The molecule has 1 saturated carbocycles. The fourth-order valence-electron chi connectivity index (χ4n) is 1.64. The summed E-state index contributed by atoms with van der Waals surface area (Å²) in [6, 6.07) is 0. The van der Waals surface area contributed by atoms with Gasteiger partial charge in [0.15, 0.2) is 0 Å². The van der Waals surface area contributed by atoms with Gasteiger partial charge in [-0.3, -0.25) is 9.69 Å². The number of amides is 1. The molecule has 13 heavy (non-hydrogen) atoms. The van der Waals surface area contributed by atoms with E-state index in [9.17, 15) is 9.90 Å². The van der Waals surface area contributed by atoms with E-state index in [1.54, 1.807) is 0 Å². The molecular formula is C9H16N2O2. The standard InChI is InChI=1S/C9H16N2O2/c12-8-7-11(6-4-10-8)5-3-9(13)1-2-9/h13H,1-7H2,(H,10,12). The maximum Gasteiger partial charge on any atom is 0.234 e. The molecule has 1 saturated heterocycles. The van der Waals surface area contributed by atoms with Crippen molar-refractivity contribution < 1.29 is 9.90 Å². The number of carbonyl (C=O) groups excluding carboxylic acids is 1. The van der Waals surface area contributed by atoms with Gasteiger partial charge < -0.3 is 10.4 Å². The van der Waals surface area contributed by atoms with Crippen molar-refractivity contribution in [1.82, 2.24) is 10.2 Å². The van der Waals surface area contributed by atoms with Crippen LogP contribution in [0.3, 0.4) is 0 Å². The molecule has 0 atom stereocenters. The highest BCUT2D eigenvalue weighted by Crippen LogP contribution is 2.38. The molecule has 2 rings (SSSR count). The summed E-state index contributed by atoms with van der Waals surface area (Å²) in [5.74, 6) is 0.106. The Bertz CT molecular complexity index is 214. The minimum atomic E-state index is -0.381. The summed E-state index contributed by atoms with van der Waals surface area (Å²) in [6.07, 6.45) is 2.69. The van der Waals surface area contributed by atoms with E-state index < -0.39 is 0 Å². The van der Waals surface area contributed by atoms with Crippen molar-refractivity contribution >= 4 is 5.91 Å². The SMILES string of the molecule is O=C1CN(CCC2(O)CC2)CCN1. The number of aliphatic hydroxyl groups is 1. The quantitative estimate of drug-likeness (QED) is 0.612. The highest BCUT2D eigenvalue weighted by Gasteiger charge is 2.40. The van der Waals surface area contributed by atoms with Gasteiger partial charge in [0, 0.05) is 19.6 Å². The number of carbonyl (C=O) groups is 1. The second kappa shape index (κ2) is 3.27. The Kier molecular flexibility index (Phi) is 2.26. The van der Waals surface area contributed by atoms with Crippen LogP contribution in [0.5, 0.6) is 0 Å². The van der Waals surface area contributed by atoms with Gasteiger partial charge in [0.25, 0.3) is 0 Å². The Hall–Kier alpha value is -0.610. The number of piperazine rings is 1. The van der Waals surface area contributed by atoms with Gasteiger partial charge in [-0.1, -0.05) is 0 Å². The maximum absolute atomic E-state index is 11.0. The first-order chi connectivity index (χ1) is 6.18. The highest BCUT2D eigenvalue weighted by atomic mass is 16.3. The molecule has 0 bridgehead atoms. The van der Waals surface area contributed by atoms with Crippen LogP contribution in [-0.2, 0) is 4.79 Å². The zero-order valence-electron chi connectivity index (χ0n) is 7.75. The van der Waals surface area contributed by atoms with Gasteiger partial charge in [-0.15, -0.1) is 0 Å². The smallest absolute Gasteiger partial charge is 0.234 e. The molecule has 2 aliphatic rings. The van der Waals surface area contributed by atoms with Crippen LogP contribution in [0.1, 0.15) is 19.3 Å². The van der Waals surface area contributed by atoms with Crippen LogP contribution in [0.25, 0.3) is 0 Å². The van der Waals surface area contributed by atoms with Gasteiger partial charge in [-0.25, -0.2) is 0 Å². The third-order valence-electron chi connectivity index (χ3n) is 2.84. The number of hydrogen-bond donors (Lipinski definition) is 2. The lowest BCUT2D eigenvalue weighted by Crippen LogP contribution is -2.48. The largest absolute Gasteiger partial charge is 0.390 e. The molecule has 1 aliphatic carbocycles. The first kappa shape index (κ1) is 8.97. The van der Waals surface area contributed by atoms with Crippen molar-refractivity contribution in [3.8, 4) is 0 Å². The van der Waals surface area contributed by atoms with Crippen molar-refractivity contribution in [2.45, 2.75) is 24.9 Å². The Balaban J connectivity index is 1.71. The van der Waals surface area contributed by atoms with Crippen molar-refractivity contribution in [2.75, 3.05) is 26.2 Å². The van der Waals surface area contributed by atoms with E-state index in [0.29, 0.717) is 6.54 Å². The predicted molar refractivity (Wildman–Crippen MR) is 48.3 cm³/mol. The van der Waals surface area contributed by atoms with Gasteiger partial charge in [0.2, 0.25) is 5.91 Å². The molecule has 1 heterocycles. The van der Waals surface area contributed by atoms with E-state index in [-0.39, 0.29) is 11.5 Å². The first-order valence-corrected chi connectivity index (χ1v) is 4.89. The Labute approximate surface area is 77.9 Å². The summed E-state index contributed by atoms with van der Waals surface area (Å²) in [4.78, 5) is 13.1. The van der Waals surface area contributed by atoms with Gasteiger partial charge in [-0.05, 0) is 19.3 Å². The third-order valence-corrected chi connectivity index (χ3v) is 2.84. The Morgan fingerprint density at radius 2 is 2.31 bits per heavy atom. The Morgan fingerprint density at radius 1 is 1.54 bits per heavy atom. The van der Waals surface area contributed by atoms with E-state index in [1.807, 2.05) is 0 Å². The van der Waals surface area contributed by atoms with Crippen LogP contribution < -0.4 is 5.32 Å². The van der Waals surface area contributed by atoms with Crippen LogP contribution in [0.15, 0.2) is 0 Å². The zero-order chi connectivity index (χ0) is 9.31. The first-order valence-electron chi connectivity index (χ1n) is 4.89. The lowest BCUT2D eigenvalue weighted by molar-refractivity contribution is -0.124. The molecular weight excluding hydrogens is 168 g/mol. The van der Waals surface area contributed by atoms with E-state index in [2.05, 4.69) is 10.2 Å². The minimum absolute atomic E-state index is 0.106. The summed E-state index contributed by atoms with van der Waals surface area (Å²) >= 11 is 0. The van der Waals surface area contributed by atoms with Crippen LogP contribution in [0.4, 0.5) is 0 Å². The Morgan fingerprint density at radius 3 is 2.92 bits per heavy atom. The average molecular weight is 184 g/mol. The monoisotopic (exact) mass is 184 g/mol. The molecule has 74 valence electrons. The van der Waals surface area contributed by atoms with Crippen LogP contribution in [-0.4, -0.2) is 47.7 Å². The second-order valence-electron chi connectivity index (χ2n) is 4.10. The maximum atomic E-state index is 11.0. The topological polar surface area (TPSA) is 52.6 Å². The minimum Gasteiger partial charge on any atom is -0.390 e. The molecule has 0 aromatic carbocycles. The molecule has 1 aliphatic heterocycles. The van der Waals surface area contributed by atoms with Gasteiger partial charge in [0.05, 0.1) is 12.1 Å². The van der Waals surface area contributed by atoms with Crippen LogP contribution >= 0.6 is 0 Å². The van der Waals surface area contributed by atoms with Crippen molar-refractivity contribution in [2.24, 2.45) is 0 Å². The zero-order valence-corrected chi connectivity index (χ0v) is 7.75. The summed E-state index contributed by atoms with van der Waals surface area (Å²) in [7, 11) is 0. The van der Waals surface area contributed by atoms with Gasteiger partial charge >= 0.3 is 0 Å². The number of rotatable bonds is 3. The highest BCUT2D eigenvalue weighted by molar-refractivity contribution is 5.78. The summed E-state index contributed by atoms with van der Waals surface area (Å²) in [5, 5.41) is 12.4. The molecule has 0 radical (unpaired) electrons. The van der Waals surface area contributed by atoms with E-state index in [0.717, 1.165) is 38.9 Å². The fourth-order valence-corrected chi connectivity index (χ4v) is 1.64. The fraction of sp³-hybridized carbons (Fsp3) is 0.889. The molecule has 2 fully saturated rings. The van der Waals surface area contributed by atoms with Gasteiger partial charge in [0.1, 0.15) is 0 Å². The van der Waals surface area contributed by atoms with Crippen molar-refractivity contribution in [3.63, 3.8) is 0 Å². The number of nitrogens with zero attached hydrogens (tertiary/aromatic N) is 1. The molecule has 0 aromatic heterocycles. The summed E-state index contributed by atoms with van der Waals surface area (Å²) in [6.45, 7) is 3.01. The third kappa shape index (κ3) is 2.42. The van der Waals surface area contributed by atoms with Crippen LogP contribution in [0, 0.1) is 0 Å². The number of hydrogen-bond acceptors (Lipinski definition) is 3. The summed E-state index contributed by atoms with van der Waals surface area (Å²) in [5.41, 5.74) is -0.381. The van der Waals surface area contributed by atoms with Crippen molar-refractivity contribution in [1.29, 1.82) is 0 Å². The second-order valence-corrected chi connectivity index (χ2v) is 4.10. The molecule has 0 unspecified atom stereocenters. The normalized spacial score (nSPS) is 27.0. The summed E-state index contributed by atoms with van der Waals surface area (Å²) < 4.78 is 0. The van der Waals surface area contributed by atoms with Crippen LogP contribution in [0.2, 0.25) is 0 Å². The molecule has 4 nitrogen and oxygen atoms in total. The van der Waals surface area contributed by atoms with E-state index in [4.69, 9.17) is 0 Å². The predicted octanol–water partition coefficient (Wildman–Crippen LogP) is -0.667. The number of nitrogens with one attached hydrogen (secondary N) is 1.